The molecule has 0 aliphatic rings. The second-order valence-electron chi connectivity index (χ2n) is 7.81. The van der Waals surface area contributed by atoms with E-state index in [1.54, 1.807) is 6.08 Å². The number of ether oxygens (including phenoxy) is 1. The van der Waals surface area contributed by atoms with Crippen molar-refractivity contribution in [2.75, 3.05) is 6.61 Å². The van der Waals surface area contributed by atoms with Gasteiger partial charge in [-0.2, -0.15) is 9.50 Å². The van der Waals surface area contributed by atoms with Crippen LogP contribution in [0.1, 0.15) is 31.9 Å². The molecule has 0 N–H and O–H groups in total. The minimum Gasteiger partial charge on any atom is -0.494 e. The van der Waals surface area contributed by atoms with Gasteiger partial charge in [0.05, 0.1) is 11.6 Å². The zero-order chi connectivity index (χ0) is 23.5. The molecule has 8 heteroatoms. The highest BCUT2D eigenvalue weighted by Gasteiger charge is 2.13. The smallest absolute Gasteiger partial charge is 0.291 e. The van der Waals surface area contributed by atoms with Crippen molar-refractivity contribution in [3.63, 3.8) is 0 Å². The van der Waals surface area contributed by atoms with E-state index in [0.717, 1.165) is 36.1 Å². The molecule has 0 spiro atoms. The van der Waals surface area contributed by atoms with Crippen LogP contribution in [0.3, 0.4) is 0 Å². The summed E-state index contributed by atoms with van der Waals surface area (Å²) >= 11 is 7.53. The molecule has 172 valence electrons. The van der Waals surface area contributed by atoms with Crippen LogP contribution in [0.4, 0.5) is 0 Å². The molecule has 0 atom stereocenters. The van der Waals surface area contributed by atoms with Crippen molar-refractivity contribution in [1.82, 2.24) is 14.6 Å². The van der Waals surface area contributed by atoms with Crippen molar-refractivity contribution in [3.8, 4) is 28.5 Å². The minimum atomic E-state index is -0.231. The van der Waals surface area contributed by atoms with Gasteiger partial charge in [-0.1, -0.05) is 54.8 Å². The van der Waals surface area contributed by atoms with Crippen LogP contribution in [0.2, 0.25) is 5.02 Å². The summed E-state index contributed by atoms with van der Waals surface area (Å²) in [5.41, 5.74) is 1.40. The van der Waals surface area contributed by atoms with Gasteiger partial charge in [-0.15, -0.1) is 5.10 Å². The van der Waals surface area contributed by atoms with E-state index in [0.29, 0.717) is 38.5 Å². The first-order valence-corrected chi connectivity index (χ1v) is 12.3. The van der Waals surface area contributed by atoms with Crippen molar-refractivity contribution in [2.24, 2.45) is 0 Å². The van der Waals surface area contributed by atoms with E-state index in [-0.39, 0.29) is 5.56 Å². The van der Waals surface area contributed by atoms with Crippen LogP contribution in [-0.2, 0) is 0 Å². The SMILES string of the molecule is CCCCCOc1ccc(-c2nc3sc(=Cc4ccc(-c5ccccc5Cl)o4)c(=O)n3n2)cc1. The molecule has 3 aromatic heterocycles. The molecule has 0 radical (unpaired) electrons. The summed E-state index contributed by atoms with van der Waals surface area (Å²) in [5.74, 6) is 2.53. The summed E-state index contributed by atoms with van der Waals surface area (Å²) in [6, 6.07) is 18.7. The standard InChI is InChI=1S/C26H22ClN3O3S/c1-2-3-6-15-32-18-11-9-17(10-12-18)24-28-26-30(29-24)25(31)23(34-26)16-19-13-14-22(33-19)20-7-4-5-8-21(20)27/h4-5,7-14,16H,2-3,6,15H2,1H3. The van der Waals surface area contributed by atoms with E-state index in [9.17, 15) is 4.79 Å². The molecular weight excluding hydrogens is 470 g/mol. The Labute approximate surface area is 205 Å². The molecule has 0 saturated heterocycles. The average molecular weight is 492 g/mol. The molecular formula is C26H22ClN3O3S. The fraction of sp³-hybridized carbons (Fsp3) is 0.192. The summed E-state index contributed by atoms with van der Waals surface area (Å²) < 4.78 is 13.5. The topological polar surface area (TPSA) is 69.6 Å². The predicted molar refractivity (Wildman–Crippen MR) is 136 cm³/mol. The Morgan fingerprint density at radius 1 is 1.09 bits per heavy atom. The number of rotatable bonds is 8. The van der Waals surface area contributed by atoms with Crippen molar-refractivity contribution >= 4 is 34.0 Å². The number of aromatic nitrogens is 3. The van der Waals surface area contributed by atoms with Crippen molar-refractivity contribution in [2.45, 2.75) is 26.2 Å². The number of furan rings is 1. The minimum absolute atomic E-state index is 0.231. The second-order valence-corrected chi connectivity index (χ2v) is 9.22. The molecule has 34 heavy (non-hydrogen) atoms. The molecule has 0 amide bonds. The quantitative estimate of drug-likeness (QED) is 0.255. The molecule has 0 unspecified atom stereocenters. The van der Waals surface area contributed by atoms with Crippen LogP contribution in [0.5, 0.6) is 5.75 Å². The molecule has 0 saturated carbocycles. The van der Waals surface area contributed by atoms with Crippen LogP contribution in [0.15, 0.2) is 69.9 Å². The zero-order valence-electron chi connectivity index (χ0n) is 18.5. The van der Waals surface area contributed by atoms with E-state index < -0.39 is 0 Å². The highest BCUT2D eigenvalue weighted by atomic mass is 35.5. The lowest BCUT2D eigenvalue weighted by Crippen LogP contribution is -2.23. The number of thiazole rings is 1. The van der Waals surface area contributed by atoms with E-state index in [1.165, 1.54) is 15.9 Å². The first kappa shape index (κ1) is 22.4. The van der Waals surface area contributed by atoms with Crippen LogP contribution in [-0.4, -0.2) is 21.2 Å². The first-order chi connectivity index (χ1) is 16.6. The molecule has 2 aromatic carbocycles. The lowest BCUT2D eigenvalue weighted by atomic mass is 10.2. The van der Waals surface area contributed by atoms with Gasteiger partial charge in [0.25, 0.3) is 5.56 Å². The summed E-state index contributed by atoms with van der Waals surface area (Å²) in [4.78, 5) is 18.0. The summed E-state index contributed by atoms with van der Waals surface area (Å²) in [6.45, 7) is 2.88. The van der Waals surface area contributed by atoms with Crippen LogP contribution in [0.25, 0.3) is 33.7 Å². The Morgan fingerprint density at radius 2 is 1.91 bits per heavy atom. The van der Waals surface area contributed by atoms with Crippen LogP contribution in [0, 0.1) is 0 Å². The Bertz CT molecular complexity index is 1540. The predicted octanol–water partition coefficient (Wildman–Crippen LogP) is 5.85. The van der Waals surface area contributed by atoms with Gasteiger partial charge >= 0.3 is 0 Å². The summed E-state index contributed by atoms with van der Waals surface area (Å²) in [5, 5.41) is 5.03. The van der Waals surface area contributed by atoms with Gasteiger partial charge in [-0.25, -0.2) is 0 Å². The van der Waals surface area contributed by atoms with Gasteiger partial charge in [0.15, 0.2) is 5.82 Å². The van der Waals surface area contributed by atoms with E-state index in [4.69, 9.17) is 20.8 Å². The molecule has 0 aliphatic heterocycles. The van der Waals surface area contributed by atoms with E-state index in [1.807, 2.05) is 60.7 Å². The van der Waals surface area contributed by atoms with Crippen molar-refractivity contribution < 1.29 is 9.15 Å². The summed E-state index contributed by atoms with van der Waals surface area (Å²) in [6.07, 6.45) is 5.07. The van der Waals surface area contributed by atoms with Crippen molar-refractivity contribution in [1.29, 1.82) is 0 Å². The Kier molecular flexibility index (Phi) is 6.47. The monoisotopic (exact) mass is 491 g/mol. The molecule has 0 aliphatic carbocycles. The summed E-state index contributed by atoms with van der Waals surface area (Å²) in [7, 11) is 0. The van der Waals surface area contributed by atoms with Crippen molar-refractivity contribution in [3.05, 3.63) is 86.3 Å². The Hall–Kier alpha value is -3.42. The second kappa shape index (κ2) is 9.83. The normalized spacial score (nSPS) is 12.0. The number of nitrogens with zero attached hydrogens (tertiary/aromatic N) is 3. The third-order valence-electron chi connectivity index (χ3n) is 5.35. The number of fused-ring (bicyclic) bond motifs is 1. The number of benzene rings is 2. The van der Waals surface area contributed by atoms with Gasteiger partial charge < -0.3 is 9.15 Å². The largest absolute Gasteiger partial charge is 0.494 e. The Morgan fingerprint density at radius 3 is 2.68 bits per heavy atom. The Balaban J connectivity index is 1.37. The van der Waals surface area contributed by atoms with Crippen LogP contribution < -0.4 is 14.8 Å². The molecule has 5 aromatic rings. The maximum atomic E-state index is 12.9. The fourth-order valence-electron chi connectivity index (χ4n) is 3.56. The number of hydrogen-bond acceptors (Lipinski definition) is 6. The fourth-order valence-corrected chi connectivity index (χ4v) is 4.68. The third kappa shape index (κ3) is 4.62. The molecule has 3 heterocycles. The van der Waals surface area contributed by atoms with Gasteiger partial charge in [0, 0.05) is 17.2 Å². The van der Waals surface area contributed by atoms with E-state index in [2.05, 4.69) is 17.0 Å². The highest BCUT2D eigenvalue weighted by molar-refractivity contribution is 7.15. The molecule has 6 nitrogen and oxygen atoms in total. The molecule has 0 bridgehead atoms. The van der Waals surface area contributed by atoms with Gasteiger partial charge in [0.1, 0.15) is 21.8 Å². The highest BCUT2D eigenvalue weighted by Crippen LogP contribution is 2.29. The average Bonchev–Trinajstić information content (AvgIpc) is 3.55. The zero-order valence-corrected chi connectivity index (χ0v) is 20.1. The number of hydrogen-bond donors (Lipinski definition) is 0. The van der Waals surface area contributed by atoms with Gasteiger partial charge in [0.2, 0.25) is 4.96 Å². The molecule has 5 rings (SSSR count). The van der Waals surface area contributed by atoms with Gasteiger partial charge in [-0.05, 0) is 55.0 Å². The van der Waals surface area contributed by atoms with Gasteiger partial charge in [-0.3, -0.25) is 4.79 Å². The maximum Gasteiger partial charge on any atom is 0.291 e. The first-order valence-electron chi connectivity index (χ1n) is 11.1. The lowest BCUT2D eigenvalue weighted by molar-refractivity contribution is 0.306. The van der Waals surface area contributed by atoms with E-state index >= 15 is 0 Å². The lowest BCUT2D eigenvalue weighted by Gasteiger charge is -2.05. The van der Waals surface area contributed by atoms with Crippen LogP contribution >= 0.6 is 22.9 Å². The number of unbranched alkanes of at least 4 members (excludes halogenated alkanes) is 2. The maximum absolute atomic E-state index is 12.9. The molecule has 0 fully saturated rings. The third-order valence-corrected chi connectivity index (χ3v) is 6.64. The number of halogens is 1.